The molecule has 0 aromatic heterocycles. The molecule has 0 unspecified atom stereocenters. The van der Waals surface area contributed by atoms with E-state index in [1.165, 1.54) is 0 Å². The van der Waals surface area contributed by atoms with Crippen LogP contribution >= 0.6 is 0 Å². The lowest BCUT2D eigenvalue weighted by Gasteiger charge is -2.34. The second kappa shape index (κ2) is 10.6. The number of ether oxygens (including phenoxy) is 1. The van der Waals surface area contributed by atoms with Gasteiger partial charge in [-0.2, -0.15) is 4.31 Å². The maximum Gasteiger partial charge on any atom is 0.306 e. The Kier molecular flexibility index (Phi) is 8.44. The molecule has 8 heteroatoms. The number of amides is 1. The molecule has 156 valence electrons. The van der Waals surface area contributed by atoms with Crippen molar-refractivity contribution in [2.75, 3.05) is 19.7 Å². The van der Waals surface area contributed by atoms with Gasteiger partial charge in [0, 0.05) is 25.6 Å². The van der Waals surface area contributed by atoms with E-state index in [4.69, 9.17) is 4.74 Å². The number of esters is 1. The van der Waals surface area contributed by atoms with Gasteiger partial charge in [0.1, 0.15) is 0 Å². The zero-order chi connectivity index (χ0) is 20.6. The number of nitrogens with one attached hydrogen (secondary N) is 1. The number of carbonyl (C=O) groups is 2. The molecular formula is C20H30N2O5S. The Morgan fingerprint density at radius 3 is 2.57 bits per heavy atom. The van der Waals surface area contributed by atoms with Crippen molar-refractivity contribution in [2.45, 2.75) is 63.3 Å². The molecule has 2 rings (SSSR count). The highest BCUT2D eigenvalue weighted by Gasteiger charge is 2.33. The standard InChI is InChI=1S/C20H30N2O5S/c1-3-27-20(24)12-11-19(23)21-14-13-17-6-4-5-15-22(17)28(25,26)18-9-7-16(2)8-10-18/h7-10,17H,3-6,11-15H2,1-2H3,(H,21,23)/t17-/m1/s1. The Balaban J connectivity index is 1.90. The minimum Gasteiger partial charge on any atom is -0.466 e. The first-order chi connectivity index (χ1) is 13.3. The first-order valence-electron chi connectivity index (χ1n) is 9.85. The van der Waals surface area contributed by atoms with Gasteiger partial charge in [-0.3, -0.25) is 9.59 Å². The summed E-state index contributed by atoms with van der Waals surface area (Å²) in [6.45, 7) is 4.82. The van der Waals surface area contributed by atoms with E-state index in [0.717, 1.165) is 24.8 Å². The highest BCUT2D eigenvalue weighted by atomic mass is 32.2. The molecule has 1 amide bonds. The number of nitrogens with zero attached hydrogens (tertiary/aromatic N) is 1. The number of benzene rings is 1. The average molecular weight is 411 g/mol. The summed E-state index contributed by atoms with van der Waals surface area (Å²) >= 11 is 0. The minimum atomic E-state index is -3.55. The lowest BCUT2D eigenvalue weighted by Crippen LogP contribution is -2.45. The number of carbonyl (C=O) groups excluding carboxylic acids is 2. The zero-order valence-corrected chi connectivity index (χ0v) is 17.5. The summed E-state index contributed by atoms with van der Waals surface area (Å²) < 4.78 is 32.4. The van der Waals surface area contributed by atoms with Crippen molar-refractivity contribution in [3.63, 3.8) is 0 Å². The second-order valence-electron chi connectivity index (χ2n) is 7.02. The quantitative estimate of drug-likeness (QED) is 0.631. The zero-order valence-electron chi connectivity index (χ0n) is 16.6. The monoisotopic (exact) mass is 410 g/mol. The van der Waals surface area contributed by atoms with Gasteiger partial charge in [-0.25, -0.2) is 8.42 Å². The van der Waals surface area contributed by atoms with Crippen LogP contribution in [0, 0.1) is 6.92 Å². The number of rotatable bonds is 9. The molecule has 1 aromatic carbocycles. The molecule has 0 aliphatic carbocycles. The second-order valence-corrected chi connectivity index (χ2v) is 8.91. The van der Waals surface area contributed by atoms with E-state index >= 15 is 0 Å². The van der Waals surface area contributed by atoms with Gasteiger partial charge in [0.2, 0.25) is 15.9 Å². The summed E-state index contributed by atoms with van der Waals surface area (Å²) in [5, 5.41) is 2.78. The fourth-order valence-corrected chi connectivity index (χ4v) is 5.06. The third-order valence-electron chi connectivity index (χ3n) is 4.86. The molecule has 1 aliphatic rings. The molecule has 1 saturated heterocycles. The number of aryl methyl sites for hydroxylation is 1. The SMILES string of the molecule is CCOC(=O)CCC(=O)NCC[C@H]1CCCCN1S(=O)(=O)c1ccc(C)cc1. The molecule has 1 N–H and O–H groups in total. The summed E-state index contributed by atoms with van der Waals surface area (Å²) in [7, 11) is -3.55. The van der Waals surface area contributed by atoms with Crippen LogP contribution in [-0.4, -0.2) is 50.3 Å². The van der Waals surface area contributed by atoms with Crippen molar-refractivity contribution in [1.82, 2.24) is 9.62 Å². The van der Waals surface area contributed by atoms with Gasteiger partial charge in [0.05, 0.1) is 17.9 Å². The highest BCUT2D eigenvalue weighted by molar-refractivity contribution is 7.89. The molecule has 28 heavy (non-hydrogen) atoms. The first-order valence-corrected chi connectivity index (χ1v) is 11.3. The molecule has 1 fully saturated rings. The predicted octanol–water partition coefficient (Wildman–Crippen LogP) is 2.39. The van der Waals surface area contributed by atoms with Crippen LogP contribution in [0.25, 0.3) is 0 Å². The Morgan fingerprint density at radius 2 is 1.89 bits per heavy atom. The largest absolute Gasteiger partial charge is 0.466 e. The lowest BCUT2D eigenvalue weighted by atomic mass is 10.0. The number of sulfonamides is 1. The van der Waals surface area contributed by atoms with E-state index in [2.05, 4.69) is 5.32 Å². The van der Waals surface area contributed by atoms with Crippen LogP contribution < -0.4 is 5.32 Å². The van der Waals surface area contributed by atoms with E-state index in [0.29, 0.717) is 31.0 Å². The maximum absolute atomic E-state index is 13.0. The molecule has 1 aliphatic heterocycles. The Labute approximate surface area is 167 Å². The normalized spacial score (nSPS) is 17.9. The summed E-state index contributed by atoms with van der Waals surface area (Å²) in [4.78, 5) is 23.5. The van der Waals surface area contributed by atoms with E-state index in [-0.39, 0.29) is 30.8 Å². The van der Waals surface area contributed by atoms with Gasteiger partial charge < -0.3 is 10.1 Å². The lowest BCUT2D eigenvalue weighted by molar-refractivity contribution is -0.144. The fourth-order valence-electron chi connectivity index (χ4n) is 3.34. The average Bonchev–Trinajstić information content (AvgIpc) is 2.67. The van der Waals surface area contributed by atoms with Crippen molar-refractivity contribution >= 4 is 21.9 Å². The van der Waals surface area contributed by atoms with Crippen molar-refractivity contribution in [3.05, 3.63) is 29.8 Å². The van der Waals surface area contributed by atoms with E-state index < -0.39 is 10.0 Å². The molecule has 1 heterocycles. The molecule has 1 atom stereocenters. The smallest absolute Gasteiger partial charge is 0.306 e. The van der Waals surface area contributed by atoms with Crippen molar-refractivity contribution in [1.29, 1.82) is 0 Å². The highest BCUT2D eigenvalue weighted by Crippen LogP contribution is 2.27. The van der Waals surface area contributed by atoms with Gasteiger partial charge in [-0.1, -0.05) is 24.1 Å². The van der Waals surface area contributed by atoms with E-state index in [1.54, 1.807) is 35.5 Å². The van der Waals surface area contributed by atoms with E-state index in [1.807, 2.05) is 6.92 Å². The van der Waals surface area contributed by atoms with Gasteiger partial charge in [0.25, 0.3) is 0 Å². The van der Waals surface area contributed by atoms with Gasteiger partial charge in [-0.15, -0.1) is 0 Å². The Hall–Kier alpha value is -1.93. The molecule has 0 saturated carbocycles. The molecule has 1 aromatic rings. The van der Waals surface area contributed by atoms with Crippen LogP contribution in [0.3, 0.4) is 0 Å². The Morgan fingerprint density at radius 1 is 1.18 bits per heavy atom. The van der Waals surface area contributed by atoms with Crippen LogP contribution in [0.15, 0.2) is 29.2 Å². The van der Waals surface area contributed by atoms with Crippen LogP contribution in [0.5, 0.6) is 0 Å². The molecule has 0 bridgehead atoms. The third kappa shape index (κ3) is 6.31. The fraction of sp³-hybridized carbons (Fsp3) is 0.600. The van der Waals surface area contributed by atoms with Crippen LogP contribution in [0.4, 0.5) is 0 Å². The summed E-state index contributed by atoms with van der Waals surface area (Å²) in [6, 6.07) is 6.76. The van der Waals surface area contributed by atoms with Crippen LogP contribution in [0.2, 0.25) is 0 Å². The van der Waals surface area contributed by atoms with Crippen LogP contribution in [-0.2, 0) is 24.3 Å². The van der Waals surface area contributed by atoms with Crippen molar-refractivity contribution < 1.29 is 22.7 Å². The van der Waals surface area contributed by atoms with Crippen molar-refractivity contribution in [2.24, 2.45) is 0 Å². The summed E-state index contributed by atoms with van der Waals surface area (Å²) in [6.07, 6.45) is 3.28. The number of piperidine rings is 1. The Bertz CT molecular complexity index is 761. The third-order valence-corrected chi connectivity index (χ3v) is 6.83. The molecule has 0 spiro atoms. The molecular weight excluding hydrogens is 380 g/mol. The minimum absolute atomic E-state index is 0.0526. The summed E-state index contributed by atoms with van der Waals surface area (Å²) in [5.41, 5.74) is 1.01. The topological polar surface area (TPSA) is 92.8 Å². The van der Waals surface area contributed by atoms with Crippen molar-refractivity contribution in [3.8, 4) is 0 Å². The summed E-state index contributed by atoms with van der Waals surface area (Å²) in [5.74, 6) is -0.614. The van der Waals surface area contributed by atoms with Gasteiger partial charge in [0.15, 0.2) is 0 Å². The van der Waals surface area contributed by atoms with Gasteiger partial charge in [-0.05, 0) is 45.2 Å². The number of hydrogen-bond acceptors (Lipinski definition) is 5. The maximum atomic E-state index is 13.0. The van der Waals surface area contributed by atoms with Crippen LogP contribution in [0.1, 0.15) is 51.0 Å². The van der Waals surface area contributed by atoms with Gasteiger partial charge >= 0.3 is 5.97 Å². The predicted molar refractivity (Wildman–Crippen MR) is 106 cm³/mol. The first kappa shape index (κ1) is 22.4. The molecule has 7 nitrogen and oxygen atoms in total. The number of hydrogen-bond donors (Lipinski definition) is 1. The molecule has 0 radical (unpaired) electrons. The van der Waals surface area contributed by atoms with E-state index in [9.17, 15) is 18.0 Å².